The third kappa shape index (κ3) is 3.39. The average molecular weight is 250 g/mol. The Labute approximate surface area is 104 Å². The summed E-state index contributed by atoms with van der Waals surface area (Å²) in [6, 6.07) is 3.80. The quantitative estimate of drug-likeness (QED) is 0.369. The van der Waals surface area contributed by atoms with Crippen molar-refractivity contribution in [2.24, 2.45) is 0 Å². The van der Waals surface area contributed by atoms with E-state index in [9.17, 15) is 14.9 Å². The van der Waals surface area contributed by atoms with Crippen molar-refractivity contribution in [1.29, 1.82) is 0 Å². The average Bonchev–Trinajstić information content (AvgIpc) is 2.34. The number of hydrogen-bond acceptors (Lipinski definition) is 5. The minimum Gasteiger partial charge on any atom is -0.392 e. The number of carbonyl (C=O) groups is 1. The van der Waals surface area contributed by atoms with Gasteiger partial charge in [0.15, 0.2) is 5.78 Å². The predicted octanol–water partition coefficient (Wildman–Crippen LogP) is 1.35. The number of rotatable bonds is 5. The SMILES string of the molecule is CN(C)/C=C/C(=O)c1ccc([N+](=O)[O-])cc1CO. The molecule has 0 saturated carbocycles. The Morgan fingerprint density at radius 1 is 1.50 bits per heavy atom. The fourth-order valence-electron chi connectivity index (χ4n) is 1.37. The lowest BCUT2D eigenvalue weighted by atomic mass is 10.0. The van der Waals surface area contributed by atoms with Gasteiger partial charge in [0.2, 0.25) is 0 Å². The Balaban J connectivity index is 3.09. The van der Waals surface area contributed by atoms with Crippen LogP contribution >= 0.6 is 0 Å². The molecule has 0 radical (unpaired) electrons. The Hall–Kier alpha value is -2.21. The molecule has 18 heavy (non-hydrogen) atoms. The monoisotopic (exact) mass is 250 g/mol. The third-order valence-corrected chi connectivity index (χ3v) is 2.26. The smallest absolute Gasteiger partial charge is 0.269 e. The Morgan fingerprint density at radius 3 is 2.67 bits per heavy atom. The van der Waals surface area contributed by atoms with E-state index in [2.05, 4.69) is 0 Å². The van der Waals surface area contributed by atoms with Gasteiger partial charge in [0.1, 0.15) is 0 Å². The summed E-state index contributed by atoms with van der Waals surface area (Å²) in [6.45, 7) is -0.418. The van der Waals surface area contributed by atoms with Gasteiger partial charge in [0.05, 0.1) is 11.5 Å². The molecule has 0 heterocycles. The van der Waals surface area contributed by atoms with Crippen LogP contribution in [-0.4, -0.2) is 34.8 Å². The molecule has 0 aromatic heterocycles. The van der Waals surface area contributed by atoms with E-state index in [4.69, 9.17) is 5.11 Å². The lowest BCUT2D eigenvalue weighted by Crippen LogP contribution is -2.05. The van der Waals surface area contributed by atoms with E-state index in [1.54, 1.807) is 25.2 Å². The molecule has 1 aromatic rings. The second kappa shape index (κ2) is 5.92. The van der Waals surface area contributed by atoms with Crippen molar-refractivity contribution in [3.8, 4) is 0 Å². The highest BCUT2D eigenvalue weighted by atomic mass is 16.6. The van der Waals surface area contributed by atoms with Crippen LogP contribution < -0.4 is 0 Å². The first-order valence-corrected chi connectivity index (χ1v) is 5.23. The lowest BCUT2D eigenvalue weighted by molar-refractivity contribution is -0.384. The number of hydrogen-bond donors (Lipinski definition) is 1. The van der Waals surface area contributed by atoms with Gasteiger partial charge in [-0.25, -0.2) is 0 Å². The maximum absolute atomic E-state index is 11.8. The number of non-ortho nitro benzene ring substituents is 1. The summed E-state index contributed by atoms with van der Waals surface area (Å²) in [7, 11) is 3.54. The van der Waals surface area contributed by atoms with Crippen LogP contribution in [0.3, 0.4) is 0 Å². The van der Waals surface area contributed by atoms with Gasteiger partial charge in [-0.15, -0.1) is 0 Å². The molecule has 0 amide bonds. The molecule has 1 N–H and O–H groups in total. The van der Waals surface area contributed by atoms with Crippen LogP contribution in [0.4, 0.5) is 5.69 Å². The topological polar surface area (TPSA) is 83.7 Å². The fraction of sp³-hybridized carbons (Fsp3) is 0.250. The normalized spacial score (nSPS) is 10.6. The largest absolute Gasteiger partial charge is 0.392 e. The molecule has 0 bridgehead atoms. The summed E-state index contributed by atoms with van der Waals surface area (Å²) < 4.78 is 0. The summed E-state index contributed by atoms with van der Waals surface area (Å²) >= 11 is 0. The number of nitro benzene ring substituents is 1. The van der Waals surface area contributed by atoms with Crippen LogP contribution in [0.1, 0.15) is 15.9 Å². The molecule has 0 fully saturated rings. The van der Waals surface area contributed by atoms with Crippen molar-refractivity contribution in [3.05, 3.63) is 51.7 Å². The number of allylic oxidation sites excluding steroid dienone is 1. The summed E-state index contributed by atoms with van der Waals surface area (Å²) in [6.07, 6.45) is 2.92. The zero-order valence-electron chi connectivity index (χ0n) is 10.2. The highest BCUT2D eigenvalue weighted by molar-refractivity contribution is 6.05. The van der Waals surface area contributed by atoms with E-state index in [1.165, 1.54) is 24.3 Å². The van der Waals surface area contributed by atoms with Crippen molar-refractivity contribution >= 4 is 11.5 Å². The molecule has 0 aliphatic rings. The second-order valence-corrected chi connectivity index (χ2v) is 3.90. The molecule has 0 saturated heterocycles. The number of ketones is 1. The Kier molecular flexibility index (Phi) is 4.56. The van der Waals surface area contributed by atoms with Gasteiger partial charge in [-0.1, -0.05) is 0 Å². The van der Waals surface area contributed by atoms with Gasteiger partial charge < -0.3 is 10.0 Å². The van der Waals surface area contributed by atoms with Gasteiger partial charge >= 0.3 is 0 Å². The van der Waals surface area contributed by atoms with Gasteiger partial charge in [-0.3, -0.25) is 14.9 Å². The van der Waals surface area contributed by atoms with E-state index in [1.807, 2.05) is 0 Å². The summed E-state index contributed by atoms with van der Waals surface area (Å²) in [4.78, 5) is 23.5. The molecular formula is C12H14N2O4. The first-order chi connectivity index (χ1) is 8.45. The van der Waals surface area contributed by atoms with E-state index in [0.717, 1.165) is 0 Å². The third-order valence-electron chi connectivity index (χ3n) is 2.26. The summed E-state index contributed by atoms with van der Waals surface area (Å²) in [5, 5.41) is 19.7. The molecule has 1 aromatic carbocycles. The first-order valence-electron chi connectivity index (χ1n) is 5.23. The minimum absolute atomic E-state index is 0.146. The van der Waals surface area contributed by atoms with Crippen molar-refractivity contribution in [3.63, 3.8) is 0 Å². The maximum Gasteiger partial charge on any atom is 0.269 e. The van der Waals surface area contributed by atoms with Crippen LogP contribution in [0.2, 0.25) is 0 Å². The number of benzene rings is 1. The van der Waals surface area contributed by atoms with Crippen molar-refractivity contribution in [2.75, 3.05) is 14.1 Å². The highest BCUT2D eigenvalue weighted by Crippen LogP contribution is 2.18. The molecule has 96 valence electrons. The van der Waals surface area contributed by atoms with Gasteiger partial charge in [0, 0.05) is 44.1 Å². The van der Waals surface area contributed by atoms with Crippen LogP contribution in [0.15, 0.2) is 30.5 Å². The molecule has 6 nitrogen and oxygen atoms in total. The van der Waals surface area contributed by atoms with Crippen LogP contribution in [0, 0.1) is 10.1 Å². The van der Waals surface area contributed by atoms with E-state index in [-0.39, 0.29) is 22.6 Å². The summed E-state index contributed by atoms with van der Waals surface area (Å²) in [5.41, 5.74) is 0.367. The Morgan fingerprint density at radius 2 is 2.17 bits per heavy atom. The van der Waals surface area contributed by atoms with E-state index in [0.29, 0.717) is 0 Å². The number of nitrogens with zero attached hydrogens (tertiary/aromatic N) is 2. The number of nitro groups is 1. The molecule has 0 atom stereocenters. The highest BCUT2D eigenvalue weighted by Gasteiger charge is 2.13. The molecule has 6 heteroatoms. The standard InChI is InChI=1S/C12H14N2O4/c1-13(2)6-5-12(16)11-4-3-10(14(17)18)7-9(11)8-15/h3-7,15H,8H2,1-2H3/b6-5+. The zero-order valence-corrected chi connectivity index (χ0v) is 10.2. The second-order valence-electron chi connectivity index (χ2n) is 3.90. The Bertz CT molecular complexity index is 495. The number of aliphatic hydroxyl groups excluding tert-OH is 1. The van der Waals surface area contributed by atoms with Crippen LogP contribution in [0.5, 0.6) is 0 Å². The van der Waals surface area contributed by atoms with Gasteiger partial charge in [-0.05, 0) is 11.6 Å². The van der Waals surface area contributed by atoms with Gasteiger partial charge in [0.25, 0.3) is 5.69 Å². The van der Waals surface area contributed by atoms with Crippen molar-refractivity contribution in [1.82, 2.24) is 4.90 Å². The number of aliphatic hydroxyl groups is 1. The van der Waals surface area contributed by atoms with E-state index < -0.39 is 11.5 Å². The zero-order chi connectivity index (χ0) is 13.7. The molecule has 0 aliphatic heterocycles. The molecule has 0 unspecified atom stereocenters. The number of carbonyl (C=O) groups excluding carboxylic acids is 1. The maximum atomic E-state index is 11.8. The van der Waals surface area contributed by atoms with Gasteiger partial charge in [-0.2, -0.15) is 0 Å². The molecular weight excluding hydrogens is 236 g/mol. The summed E-state index contributed by atoms with van der Waals surface area (Å²) in [5.74, 6) is -0.303. The van der Waals surface area contributed by atoms with Crippen molar-refractivity contribution < 1.29 is 14.8 Å². The van der Waals surface area contributed by atoms with Crippen LogP contribution in [-0.2, 0) is 6.61 Å². The van der Waals surface area contributed by atoms with Crippen LogP contribution in [0.25, 0.3) is 0 Å². The predicted molar refractivity (Wildman–Crippen MR) is 66.2 cm³/mol. The fourth-order valence-corrected chi connectivity index (χ4v) is 1.37. The lowest BCUT2D eigenvalue weighted by Gasteiger charge is -2.05. The molecule has 1 rings (SSSR count). The van der Waals surface area contributed by atoms with Crippen molar-refractivity contribution in [2.45, 2.75) is 6.61 Å². The minimum atomic E-state index is -0.566. The molecule has 0 spiro atoms. The first kappa shape index (κ1) is 13.9. The molecule has 0 aliphatic carbocycles. The van der Waals surface area contributed by atoms with E-state index >= 15 is 0 Å².